The molecule has 1 fully saturated rings. The summed E-state index contributed by atoms with van der Waals surface area (Å²) in [6.07, 6.45) is 3.17. The molecule has 0 atom stereocenters. The van der Waals surface area contributed by atoms with E-state index in [0.29, 0.717) is 16.4 Å². The van der Waals surface area contributed by atoms with Crippen molar-refractivity contribution in [1.29, 1.82) is 0 Å². The van der Waals surface area contributed by atoms with Crippen LogP contribution < -0.4 is 10.0 Å². The maximum atomic E-state index is 12.5. The monoisotopic (exact) mass is 407 g/mol. The number of benzene rings is 2. The van der Waals surface area contributed by atoms with Crippen LogP contribution in [0.4, 0.5) is 16.2 Å². The second-order valence-corrected chi connectivity index (χ2v) is 8.66. The smallest absolute Gasteiger partial charge is 0.321 e. The van der Waals surface area contributed by atoms with Crippen LogP contribution in [0.1, 0.15) is 24.8 Å². The molecule has 6 nitrogen and oxygen atoms in total. The lowest BCUT2D eigenvalue weighted by atomic mass is 10.1. The number of nitrogens with zero attached hydrogens (tertiary/aromatic N) is 1. The zero-order valence-corrected chi connectivity index (χ0v) is 16.6. The van der Waals surface area contributed by atoms with E-state index in [9.17, 15) is 13.2 Å². The van der Waals surface area contributed by atoms with E-state index < -0.39 is 10.0 Å². The predicted molar refractivity (Wildman–Crippen MR) is 108 cm³/mol. The molecule has 0 aromatic heterocycles. The van der Waals surface area contributed by atoms with E-state index >= 15 is 0 Å². The van der Waals surface area contributed by atoms with Crippen LogP contribution in [0.25, 0.3) is 0 Å². The van der Waals surface area contributed by atoms with Crippen LogP contribution in [0.3, 0.4) is 0 Å². The van der Waals surface area contributed by atoms with Crippen LogP contribution in [-0.4, -0.2) is 32.4 Å². The molecule has 8 heteroatoms. The quantitative estimate of drug-likeness (QED) is 0.784. The van der Waals surface area contributed by atoms with Gasteiger partial charge in [-0.25, -0.2) is 13.2 Å². The zero-order valence-electron chi connectivity index (χ0n) is 15.0. The predicted octanol–water partition coefficient (Wildman–Crippen LogP) is 4.47. The molecular formula is C19H22ClN3O3S. The standard InChI is InChI=1S/C19H22ClN3O3S/c1-14-5-6-16(13-18(14)20)22-27(25,26)17-9-7-15(8-10-17)21-19(24)23-11-3-2-4-12-23/h5-10,13,22H,2-4,11-12H2,1H3,(H,21,24). The van der Waals surface area contributed by atoms with Crippen molar-refractivity contribution in [1.82, 2.24) is 4.90 Å². The third-order valence-electron chi connectivity index (χ3n) is 4.48. The third kappa shape index (κ3) is 4.93. The fourth-order valence-electron chi connectivity index (χ4n) is 2.89. The number of piperidine rings is 1. The van der Waals surface area contributed by atoms with Gasteiger partial charge in [0.25, 0.3) is 10.0 Å². The van der Waals surface area contributed by atoms with E-state index in [1.165, 1.54) is 12.1 Å². The second kappa shape index (κ2) is 8.19. The molecule has 0 bridgehead atoms. The summed E-state index contributed by atoms with van der Waals surface area (Å²) in [4.78, 5) is 14.1. The molecule has 1 aliphatic rings. The largest absolute Gasteiger partial charge is 0.325 e. The summed E-state index contributed by atoms with van der Waals surface area (Å²) in [5.41, 5.74) is 1.82. The van der Waals surface area contributed by atoms with Gasteiger partial charge in [0.05, 0.1) is 10.6 Å². The molecule has 0 saturated carbocycles. The average molecular weight is 408 g/mol. The van der Waals surface area contributed by atoms with Crippen LogP contribution in [0.5, 0.6) is 0 Å². The van der Waals surface area contributed by atoms with Crippen LogP contribution in [0, 0.1) is 6.92 Å². The van der Waals surface area contributed by atoms with E-state index in [0.717, 1.165) is 37.9 Å². The fraction of sp³-hybridized carbons (Fsp3) is 0.316. The average Bonchev–Trinajstić information content (AvgIpc) is 2.66. The van der Waals surface area contributed by atoms with Crippen LogP contribution in [-0.2, 0) is 10.0 Å². The van der Waals surface area contributed by atoms with Gasteiger partial charge in [0, 0.05) is 23.8 Å². The van der Waals surface area contributed by atoms with Crippen LogP contribution >= 0.6 is 11.6 Å². The number of hydrogen-bond acceptors (Lipinski definition) is 3. The highest BCUT2D eigenvalue weighted by molar-refractivity contribution is 7.92. The maximum Gasteiger partial charge on any atom is 0.321 e. The number of carbonyl (C=O) groups is 1. The van der Waals surface area contributed by atoms with Gasteiger partial charge in [-0.05, 0) is 68.1 Å². The van der Waals surface area contributed by atoms with Gasteiger partial charge < -0.3 is 10.2 Å². The van der Waals surface area contributed by atoms with Crippen molar-refractivity contribution < 1.29 is 13.2 Å². The Balaban J connectivity index is 1.68. The molecule has 2 amide bonds. The first-order valence-electron chi connectivity index (χ1n) is 8.80. The summed E-state index contributed by atoms with van der Waals surface area (Å²) in [5.74, 6) is 0. The van der Waals surface area contributed by atoms with Crippen LogP contribution in [0.2, 0.25) is 5.02 Å². The lowest BCUT2D eigenvalue weighted by molar-refractivity contribution is 0.200. The Morgan fingerprint density at radius 3 is 2.26 bits per heavy atom. The first-order valence-corrected chi connectivity index (χ1v) is 10.7. The number of urea groups is 1. The van der Waals surface area contributed by atoms with E-state index in [1.54, 1.807) is 35.2 Å². The summed E-state index contributed by atoms with van der Waals surface area (Å²) in [6, 6.07) is 10.9. The highest BCUT2D eigenvalue weighted by atomic mass is 35.5. The molecule has 1 aliphatic heterocycles. The minimum atomic E-state index is -3.74. The SMILES string of the molecule is Cc1ccc(NS(=O)(=O)c2ccc(NC(=O)N3CCCCC3)cc2)cc1Cl. The first kappa shape index (κ1) is 19.5. The van der Waals surface area contributed by atoms with E-state index in [4.69, 9.17) is 11.6 Å². The number of amides is 2. The Kier molecular flexibility index (Phi) is 5.92. The van der Waals surface area contributed by atoms with Gasteiger partial charge in [-0.3, -0.25) is 4.72 Å². The number of halogens is 1. The number of rotatable bonds is 4. The molecule has 0 aliphatic carbocycles. The van der Waals surface area contributed by atoms with Gasteiger partial charge in [0.1, 0.15) is 0 Å². The molecule has 0 spiro atoms. The lowest BCUT2D eigenvalue weighted by Crippen LogP contribution is -2.38. The summed E-state index contributed by atoms with van der Waals surface area (Å²) < 4.78 is 27.6. The number of likely N-dealkylation sites (tertiary alicyclic amines) is 1. The maximum absolute atomic E-state index is 12.5. The number of sulfonamides is 1. The molecule has 0 radical (unpaired) electrons. The Hall–Kier alpha value is -2.25. The Morgan fingerprint density at radius 2 is 1.63 bits per heavy atom. The summed E-state index contributed by atoms with van der Waals surface area (Å²) in [5, 5.41) is 3.30. The number of nitrogens with one attached hydrogen (secondary N) is 2. The highest BCUT2D eigenvalue weighted by Crippen LogP contribution is 2.23. The molecule has 144 valence electrons. The second-order valence-electron chi connectivity index (χ2n) is 6.57. The van der Waals surface area contributed by atoms with Crippen molar-refractivity contribution in [2.24, 2.45) is 0 Å². The van der Waals surface area contributed by atoms with Crippen molar-refractivity contribution in [2.45, 2.75) is 31.1 Å². The molecule has 2 aromatic rings. The minimum Gasteiger partial charge on any atom is -0.325 e. The number of carbonyl (C=O) groups excluding carboxylic acids is 1. The van der Waals surface area contributed by atoms with Gasteiger partial charge in [0.2, 0.25) is 0 Å². The molecule has 2 aromatic carbocycles. The summed E-state index contributed by atoms with van der Waals surface area (Å²) in [7, 11) is -3.74. The van der Waals surface area contributed by atoms with Crippen molar-refractivity contribution >= 4 is 39.0 Å². The molecule has 27 heavy (non-hydrogen) atoms. The normalized spacial score (nSPS) is 14.7. The summed E-state index contributed by atoms with van der Waals surface area (Å²) >= 11 is 6.04. The Morgan fingerprint density at radius 1 is 1.00 bits per heavy atom. The minimum absolute atomic E-state index is 0.107. The molecule has 2 N–H and O–H groups in total. The van der Waals surface area contributed by atoms with Gasteiger partial charge in [-0.2, -0.15) is 0 Å². The third-order valence-corrected chi connectivity index (χ3v) is 6.29. The summed E-state index contributed by atoms with van der Waals surface area (Å²) in [6.45, 7) is 3.35. The number of aryl methyl sites for hydroxylation is 1. The highest BCUT2D eigenvalue weighted by Gasteiger charge is 2.18. The van der Waals surface area contributed by atoms with Crippen molar-refractivity contribution in [3.8, 4) is 0 Å². The molecular weight excluding hydrogens is 386 g/mol. The topological polar surface area (TPSA) is 78.5 Å². The van der Waals surface area contributed by atoms with Gasteiger partial charge in [-0.15, -0.1) is 0 Å². The molecule has 1 heterocycles. The van der Waals surface area contributed by atoms with E-state index in [1.807, 2.05) is 6.92 Å². The van der Waals surface area contributed by atoms with E-state index in [-0.39, 0.29) is 10.9 Å². The van der Waals surface area contributed by atoms with Crippen molar-refractivity contribution in [3.05, 3.63) is 53.1 Å². The zero-order chi connectivity index (χ0) is 19.4. The van der Waals surface area contributed by atoms with Gasteiger partial charge in [-0.1, -0.05) is 17.7 Å². The van der Waals surface area contributed by atoms with E-state index in [2.05, 4.69) is 10.0 Å². The number of hydrogen-bond donors (Lipinski definition) is 2. The van der Waals surface area contributed by atoms with Gasteiger partial charge >= 0.3 is 6.03 Å². The Labute approximate surface area is 164 Å². The fourth-order valence-corrected chi connectivity index (χ4v) is 4.12. The molecule has 0 unspecified atom stereocenters. The molecule has 1 saturated heterocycles. The first-order chi connectivity index (χ1) is 12.8. The van der Waals surface area contributed by atoms with Crippen LogP contribution in [0.15, 0.2) is 47.4 Å². The lowest BCUT2D eigenvalue weighted by Gasteiger charge is -2.26. The molecule has 3 rings (SSSR count). The Bertz CT molecular complexity index is 924. The van der Waals surface area contributed by atoms with Crippen molar-refractivity contribution in [2.75, 3.05) is 23.1 Å². The van der Waals surface area contributed by atoms with Crippen molar-refractivity contribution in [3.63, 3.8) is 0 Å². The van der Waals surface area contributed by atoms with Gasteiger partial charge in [0.15, 0.2) is 0 Å². The number of anilines is 2.